The van der Waals surface area contributed by atoms with Crippen LogP contribution in [-0.4, -0.2) is 35.8 Å². The molecule has 1 unspecified atom stereocenters. The van der Waals surface area contributed by atoms with Gasteiger partial charge in [-0.3, -0.25) is 0 Å². The van der Waals surface area contributed by atoms with Crippen molar-refractivity contribution in [2.75, 3.05) is 25.0 Å². The molecule has 0 aromatic carbocycles. The van der Waals surface area contributed by atoms with Gasteiger partial charge in [0.15, 0.2) is 0 Å². The molecule has 2 atom stereocenters. The van der Waals surface area contributed by atoms with Crippen LogP contribution in [0.2, 0.25) is 0 Å². The molecule has 0 radical (unpaired) electrons. The Kier molecular flexibility index (Phi) is 4.39. The van der Waals surface area contributed by atoms with E-state index in [0.29, 0.717) is 5.92 Å². The highest BCUT2D eigenvalue weighted by Crippen LogP contribution is 2.24. The van der Waals surface area contributed by atoms with Crippen molar-refractivity contribution in [2.45, 2.75) is 38.2 Å². The van der Waals surface area contributed by atoms with E-state index in [4.69, 9.17) is 4.74 Å². The van der Waals surface area contributed by atoms with Gasteiger partial charge in [0.05, 0.1) is 12.7 Å². The summed E-state index contributed by atoms with van der Waals surface area (Å²) < 4.78 is 5.85. The Morgan fingerprint density at radius 3 is 3.04 bits per heavy atom. The van der Waals surface area contributed by atoms with E-state index in [0.717, 1.165) is 50.6 Å². The first-order valence-electron chi connectivity index (χ1n) is 8.71. The average molecular weight is 312 g/mol. The first kappa shape index (κ1) is 14.8. The number of ether oxygens (including phenoxy) is 1. The SMILES string of the molecule is C1=CC([C@H]2CNCCO2)CC=C1Nc1ncc2c(n1)CCCC2. The third kappa shape index (κ3) is 3.46. The molecule has 5 heteroatoms. The minimum Gasteiger partial charge on any atom is -0.375 e. The fraction of sp³-hybridized carbons (Fsp3) is 0.556. The van der Waals surface area contributed by atoms with Crippen molar-refractivity contribution in [3.8, 4) is 0 Å². The summed E-state index contributed by atoms with van der Waals surface area (Å²) in [6.07, 6.45) is 14.6. The zero-order chi connectivity index (χ0) is 15.5. The molecule has 2 heterocycles. The summed E-state index contributed by atoms with van der Waals surface area (Å²) in [7, 11) is 0. The number of rotatable bonds is 3. The summed E-state index contributed by atoms with van der Waals surface area (Å²) >= 11 is 0. The number of nitrogens with zero attached hydrogens (tertiary/aromatic N) is 2. The molecule has 2 aliphatic carbocycles. The van der Waals surface area contributed by atoms with E-state index in [1.54, 1.807) is 0 Å². The maximum absolute atomic E-state index is 5.85. The molecule has 0 amide bonds. The van der Waals surface area contributed by atoms with E-state index in [-0.39, 0.29) is 6.10 Å². The van der Waals surface area contributed by atoms with Gasteiger partial charge in [-0.05, 0) is 43.7 Å². The maximum atomic E-state index is 5.85. The Labute approximate surface area is 137 Å². The van der Waals surface area contributed by atoms with Crippen molar-refractivity contribution in [1.29, 1.82) is 0 Å². The number of allylic oxidation sites excluding steroid dienone is 2. The molecule has 1 aromatic rings. The molecule has 3 aliphatic rings. The fourth-order valence-corrected chi connectivity index (χ4v) is 3.53. The Hall–Kier alpha value is -1.72. The van der Waals surface area contributed by atoms with E-state index in [1.807, 2.05) is 6.20 Å². The number of hydrogen-bond acceptors (Lipinski definition) is 5. The van der Waals surface area contributed by atoms with Gasteiger partial charge in [-0.15, -0.1) is 0 Å². The maximum Gasteiger partial charge on any atom is 0.227 e. The number of aryl methyl sites for hydroxylation is 2. The molecule has 122 valence electrons. The first-order valence-corrected chi connectivity index (χ1v) is 8.71. The molecular weight excluding hydrogens is 288 g/mol. The van der Waals surface area contributed by atoms with Crippen LogP contribution < -0.4 is 10.6 Å². The average Bonchev–Trinajstić information content (AvgIpc) is 2.63. The third-order valence-electron chi connectivity index (χ3n) is 4.89. The quantitative estimate of drug-likeness (QED) is 0.896. The summed E-state index contributed by atoms with van der Waals surface area (Å²) in [5.41, 5.74) is 3.62. The number of hydrogen-bond donors (Lipinski definition) is 2. The lowest BCUT2D eigenvalue weighted by atomic mass is 9.93. The van der Waals surface area contributed by atoms with Crippen LogP contribution in [0.4, 0.5) is 5.95 Å². The van der Waals surface area contributed by atoms with Crippen LogP contribution in [0.25, 0.3) is 0 Å². The van der Waals surface area contributed by atoms with Gasteiger partial charge in [0.25, 0.3) is 0 Å². The second kappa shape index (κ2) is 6.81. The predicted molar refractivity (Wildman–Crippen MR) is 90.2 cm³/mol. The Morgan fingerprint density at radius 2 is 2.22 bits per heavy atom. The van der Waals surface area contributed by atoms with E-state index in [9.17, 15) is 0 Å². The summed E-state index contributed by atoms with van der Waals surface area (Å²) in [6, 6.07) is 0. The van der Waals surface area contributed by atoms with Gasteiger partial charge < -0.3 is 15.4 Å². The topological polar surface area (TPSA) is 59.1 Å². The van der Waals surface area contributed by atoms with Gasteiger partial charge in [-0.1, -0.05) is 12.2 Å². The molecule has 0 bridgehead atoms. The number of anilines is 1. The van der Waals surface area contributed by atoms with Crippen LogP contribution in [0.15, 0.2) is 30.1 Å². The van der Waals surface area contributed by atoms with Gasteiger partial charge in [0.1, 0.15) is 0 Å². The smallest absolute Gasteiger partial charge is 0.227 e. The number of morpholine rings is 1. The highest BCUT2D eigenvalue weighted by atomic mass is 16.5. The van der Waals surface area contributed by atoms with Crippen molar-refractivity contribution in [3.63, 3.8) is 0 Å². The zero-order valence-corrected chi connectivity index (χ0v) is 13.4. The highest BCUT2D eigenvalue weighted by Gasteiger charge is 2.23. The standard InChI is InChI=1S/C18H24N4O/c1-2-4-16-14(3-1)11-20-18(22-16)21-15-7-5-13(6-8-15)17-12-19-9-10-23-17/h5,7-8,11,13,17,19H,1-4,6,9-10,12H2,(H,20,21,22)/t13?,17-/m1/s1. The van der Waals surface area contributed by atoms with Crippen molar-refractivity contribution < 1.29 is 4.74 Å². The second-order valence-corrected chi connectivity index (χ2v) is 6.53. The lowest BCUT2D eigenvalue weighted by molar-refractivity contribution is 0.00355. The molecule has 1 aromatic heterocycles. The van der Waals surface area contributed by atoms with Crippen LogP contribution in [0.3, 0.4) is 0 Å². The van der Waals surface area contributed by atoms with Gasteiger partial charge in [0.2, 0.25) is 5.95 Å². The van der Waals surface area contributed by atoms with E-state index in [2.05, 4.69) is 38.8 Å². The summed E-state index contributed by atoms with van der Waals surface area (Å²) in [6.45, 7) is 2.72. The summed E-state index contributed by atoms with van der Waals surface area (Å²) in [4.78, 5) is 9.15. The van der Waals surface area contributed by atoms with Crippen molar-refractivity contribution >= 4 is 5.95 Å². The van der Waals surface area contributed by atoms with Crippen molar-refractivity contribution in [3.05, 3.63) is 41.4 Å². The molecule has 5 nitrogen and oxygen atoms in total. The number of nitrogens with one attached hydrogen (secondary N) is 2. The van der Waals surface area contributed by atoms with Crippen LogP contribution in [0, 0.1) is 5.92 Å². The molecule has 4 rings (SSSR count). The van der Waals surface area contributed by atoms with Gasteiger partial charge in [-0.2, -0.15) is 0 Å². The predicted octanol–water partition coefficient (Wildman–Crippen LogP) is 2.22. The number of aromatic nitrogens is 2. The Balaban J connectivity index is 1.38. The second-order valence-electron chi connectivity index (χ2n) is 6.53. The molecule has 1 fully saturated rings. The molecule has 23 heavy (non-hydrogen) atoms. The van der Waals surface area contributed by atoms with E-state index in [1.165, 1.54) is 24.1 Å². The normalized spacial score (nSPS) is 27.2. The van der Waals surface area contributed by atoms with Gasteiger partial charge >= 0.3 is 0 Å². The van der Waals surface area contributed by atoms with Crippen molar-refractivity contribution in [1.82, 2.24) is 15.3 Å². The van der Waals surface area contributed by atoms with Crippen LogP contribution in [0.5, 0.6) is 0 Å². The molecule has 2 N–H and O–H groups in total. The third-order valence-corrected chi connectivity index (χ3v) is 4.89. The van der Waals surface area contributed by atoms with E-state index >= 15 is 0 Å². The fourth-order valence-electron chi connectivity index (χ4n) is 3.53. The summed E-state index contributed by atoms with van der Waals surface area (Å²) in [5, 5.41) is 6.75. The molecular formula is C18H24N4O. The number of fused-ring (bicyclic) bond motifs is 1. The van der Waals surface area contributed by atoms with Gasteiger partial charge in [-0.25, -0.2) is 9.97 Å². The monoisotopic (exact) mass is 312 g/mol. The van der Waals surface area contributed by atoms with E-state index < -0.39 is 0 Å². The molecule has 0 saturated carbocycles. The largest absolute Gasteiger partial charge is 0.375 e. The zero-order valence-electron chi connectivity index (χ0n) is 13.4. The van der Waals surface area contributed by atoms with Gasteiger partial charge in [0, 0.05) is 36.6 Å². The minimum absolute atomic E-state index is 0.290. The molecule has 0 spiro atoms. The highest BCUT2D eigenvalue weighted by molar-refractivity contribution is 5.42. The van der Waals surface area contributed by atoms with Crippen LogP contribution in [0.1, 0.15) is 30.5 Å². The Morgan fingerprint density at radius 1 is 1.26 bits per heavy atom. The summed E-state index contributed by atoms with van der Waals surface area (Å²) in [5.74, 6) is 1.17. The van der Waals surface area contributed by atoms with Crippen molar-refractivity contribution in [2.24, 2.45) is 5.92 Å². The molecule has 1 saturated heterocycles. The lowest BCUT2D eigenvalue weighted by Gasteiger charge is -2.30. The lowest BCUT2D eigenvalue weighted by Crippen LogP contribution is -2.42. The Bertz CT molecular complexity index is 619. The van der Waals surface area contributed by atoms with Crippen LogP contribution >= 0.6 is 0 Å². The first-order chi connectivity index (χ1) is 11.4. The van der Waals surface area contributed by atoms with Crippen LogP contribution in [-0.2, 0) is 17.6 Å². The minimum atomic E-state index is 0.290. The molecule has 1 aliphatic heterocycles.